The highest BCUT2D eigenvalue weighted by atomic mass is 31.1. The lowest BCUT2D eigenvalue weighted by Gasteiger charge is -2.19. The number of hydrogen-bond acceptors (Lipinski definition) is 2. The smallest absolute Gasteiger partial charge is 0.349 e. The predicted octanol–water partition coefficient (Wildman–Crippen LogP) is -0.327. The monoisotopic (exact) mass is 196 g/mol. The summed E-state index contributed by atoms with van der Waals surface area (Å²) in [4.78, 5) is 17.7. The summed E-state index contributed by atoms with van der Waals surface area (Å²) in [6.07, 6.45) is 0. The molecule has 0 unspecified atom stereocenters. The zero-order chi connectivity index (χ0) is 10.3. The van der Waals surface area contributed by atoms with E-state index in [-0.39, 0.29) is 0 Å². The van der Waals surface area contributed by atoms with Gasteiger partial charge in [0.15, 0.2) is 5.96 Å². The fourth-order valence-corrected chi connectivity index (χ4v) is 0.400. The molecule has 0 rings (SSSR count). The van der Waals surface area contributed by atoms with E-state index in [1.807, 2.05) is 28.2 Å². The highest BCUT2D eigenvalue weighted by Gasteiger charge is 1.97. The van der Waals surface area contributed by atoms with Crippen LogP contribution in [0.4, 0.5) is 0 Å². The van der Waals surface area contributed by atoms with Gasteiger partial charge in [-0.15, -0.1) is 9.79 Å². The second kappa shape index (κ2) is 6.97. The van der Waals surface area contributed by atoms with Gasteiger partial charge in [0.1, 0.15) is 0 Å². The van der Waals surface area contributed by atoms with Crippen LogP contribution < -0.4 is 0 Å². The van der Waals surface area contributed by atoms with Crippen LogP contribution in [0, 0.1) is 5.41 Å². The Morgan fingerprint density at radius 2 is 1.33 bits per heavy atom. The van der Waals surface area contributed by atoms with Crippen molar-refractivity contribution >= 4 is 14.2 Å². The van der Waals surface area contributed by atoms with Gasteiger partial charge in [-0.05, 0) is 0 Å². The first-order valence-corrected chi connectivity index (χ1v) is 4.23. The predicted molar refractivity (Wildman–Crippen MR) is 47.1 cm³/mol. The normalized spacial score (nSPS) is 7.83. The molecule has 0 aliphatic rings. The molecule has 12 heavy (non-hydrogen) atoms. The molecule has 0 aliphatic carbocycles. The van der Waals surface area contributed by atoms with Crippen LogP contribution in [0.3, 0.4) is 0 Å². The molecule has 0 amide bonds. The van der Waals surface area contributed by atoms with Crippen molar-refractivity contribution in [2.45, 2.75) is 0 Å². The Labute approximate surface area is 72.9 Å². The molecule has 72 valence electrons. The van der Waals surface area contributed by atoms with Crippen molar-refractivity contribution in [3.8, 4) is 0 Å². The van der Waals surface area contributed by atoms with Crippen molar-refractivity contribution in [3.63, 3.8) is 0 Å². The van der Waals surface area contributed by atoms with Crippen LogP contribution in [0.25, 0.3) is 0 Å². The number of hydrogen-bond donors (Lipinski definition) is 3. The minimum absolute atomic E-state index is 0.519. The Kier molecular flexibility index (Phi) is 8.04. The molecule has 0 spiro atoms. The summed E-state index contributed by atoms with van der Waals surface area (Å²) in [6.45, 7) is 0. The van der Waals surface area contributed by atoms with E-state index in [1.165, 1.54) is 0 Å². The number of nitrogens with one attached hydrogen (secondary N) is 1. The molecule has 0 aliphatic heterocycles. The van der Waals surface area contributed by atoms with E-state index in [1.54, 1.807) is 9.80 Å². The minimum atomic E-state index is -2.87. The second-order valence-electron chi connectivity index (χ2n) is 2.37. The fraction of sp³-hybridized carbons (Fsp3) is 0.800. The van der Waals surface area contributed by atoms with E-state index in [9.17, 15) is 0 Å². The zero-order valence-electron chi connectivity index (χ0n) is 7.64. The zero-order valence-corrected chi connectivity index (χ0v) is 8.54. The molecule has 0 saturated heterocycles. The standard InChI is InChI=1S/C5H13N3.HO3P/c1-7(2)5(6)8(3)4;1-4(2)3/h6H,1-4H3;(H-,1,2,3)/p+1. The fourth-order valence-electron chi connectivity index (χ4n) is 0.400. The van der Waals surface area contributed by atoms with Crippen molar-refractivity contribution in [2.75, 3.05) is 28.2 Å². The maximum Gasteiger partial charge on any atom is 0.692 e. The average Bonchev–Trinajstić information content (AvgIpc) is 1.84. The third-order valence-electron chi connectivity index (χ3n) is 0.847. The maximum atomic E-state index is 8.70. The lowest BCUT2D eigenvalue weighted by Crippen LogP contribution is -2.34. The lowest BCUT2D eigenvalue weighted by atomic mass is 10.7. The molecule has 0 heterocycles. The molecule has 0 bridgehead atoms. The Bertz CT molecular complexity index is 146. The van der Waals surface area contributed by atoms with Gasteiger partial charge in [0.2, 0.25) is 0 Å². The van der Waals surface area contributed by atoms with E-state index in [4.69, 9.17) is 19.8 Å². The first-order chi connectivity index (χ1) is 5.29. The van der Waals surface area contributed by atoms with Crippen molar-refractivity contribution in [1.82, 2.24) is 9.80 Å². The first-order valence-electron chi connectivity index (χ1n) is 3.07. The van der Waals surface area contributed by atoms with Crippen molar-refractivity contribution < 1.29 is 14.4 Å². The quantitative estimate of drug-likeness (QED) is 0.280. The van der Waals surface area contributed by atoms with Crippen molar-refractivity contribution in [3.05, 3.63) is 0 Å². The van der Waals surface area contributed by atoms with E-state index in [0.717, 1.165) is 0 Å². The van der Waals surface area contributed by atoms with E-state index < -0.39 is 8.25 Å². The van der Waals surface area contributed by atoms with Crippen LogP contribution >= 0.6 is 8.25 Å². The van der Waals surface area contributed by atoms with Crippen molar-refractivity contribution in [2.24, 2.45) is 0 Å². The van der Waals surface area contributed by atoms with Crippen LogP contribution in [0.15, 0.2) is 0 Å². The van der Waals surface area contributed by atoms with Gasteiger partial charge in [-0.2, -0.15) is 0 Å². The molecule has 0 radical (unpaired) electrons. The second-order valence-corrected chi connectivity index (χ2v) is 2.87. The van der Waals surface area contributed by atoms with Crippen LogP contribution in [0.1, 0.15) is 0 Å². The highest BCUT2D eigenvalue weighted by Crippen LogP contribution is 1.98. The third kappa shape index (κ3) is 12.0. The van der Waals surface area contributed by atoms with Gasteiger partial charge in [0.25, 0.3) is 0 Å². The molecule has 0 fully saturated rings. The van der Waals surface area contributed by atoms with Crippen LogP contribution in [-0.4, -0.2) is 53.7 Å². The Morgan fingerprint density at radius 1 is 1.17 bits per heavy atom. The van der Waals surface area contributed by atoms with Crippen LogP contribution in [0.2, 0.25) is 0 Å². The summed E-state index contributed by atoms with van der Waals surface area (Å²) in [5, 5.41) is 7.25. The molecule has 6 nitrogen and oxygen atoms in total. The van der Waals surface area contributed by atoms with Crippen LogP contribution in [-0.2, 0) is 4.57 Å². The van der Waals surface area contributed by atoms with Gasteiger partial charge in [0, 0.05) is 32.8 Å². The lowest BCUT2D eigenvalue weighted by molar-refractivity contribution is 0.405. The number of nitrogens with zero attached hydrogens (tertiary/aromatic N) is 2. The van der Waals surface area contributed by atoms with Gasteiger partial charge in [-0.3, -0.25) is 5.41 Å². The van der Waals surface area contributed by atoms with E-state index >= 15 is 0 Å². The average molecular weight is 196 g/mol. The highest BCUT2D eigenvalue weighted by molar-refractivity contribution is 7.30. The summed E-state index contributed by atoms with van der Waals surface area (Å²) in [6, 6.07) is 0. The molecule has 0 aromatic carbocycles. The van der Waals surface area contributed by atoms with E-state index in [0.29, 0.717) is 5.96 Å². The summed E-state index contributed by atoms with van der Waals surface area (Å²) in [5.41, 5.74) is 0. The number of guanidine groups is 1. The molecule has 3 N–H and O–H groups in total. The van der Waals surface area contributed by atoms with Crippen molar-refractivity contribution in [1.29, 1.82) is 5.41 Å². The SMILES string of the molecule is CN(C)C(=N)N(C)C.O=[P+](O)O. The molecule has 7 heteroatoms. The summed E-state index contributed by atoms with van der Waals surface area (Å²) >= 11 is 0. The van der Waals surface area contributed by atoms with E-state index in [2.05, 4.69) is 0 Å². The maximum absolute atomic E-state index is 8.70. The van der Waals surface area contributed by atoms with Crippen LogP contribution in [0.5, 0.6) is 0 Å². The third-order valence-corrected chi connectivity index (χ3v) is 0.847. The Morgan fingerprint density at radius 3 is 1.33 bits per heavy atom. The number of rotatable bonds is 0. The van der Waals surface area contributed by atoms with Gasteiger partial charge >= 0.3 is 8.25 Å². The summed E-state index contributed by atoms with van der Waals surface area (Å²) in [5.74, 6) is 0.519. The first kappa shape index (κ1) is 13.9. The summed E-state index contributed by atoms with van der Waals surface area (Å²) in [7, 11) is 4.53. The molecular formula is C5H15N3O3P+. The Hall–Kier alpha value is -0.710. The van der Waals surface area contributed by atoms with Gasteiger partial charge in [-0.25, -0.2) is 0 Å². The topological polar surface area (TPSA) is 87.9 Å². The van der Waals surface area contributed by atoms with Gasteiger partial charge in [-0.1, -0.05) is 0 Å². The molecule has 0 atom stereocenters. The minimum Gasteiger partial charge on any atom is -0.349 e. The Balaban J connectivity index is 0. The largest absolute Gasteiger partial charge is 0.692 e. The molecule has 0 aromatic rings. The summed E-state index contributed by atoms with van der Waals surface area (Å²) < 4.78 is 8.70. The molecular weight excluding hydrogens is 181 g/mol. The molecule has 0 saturated carbocycles. The molecule has 0 aromatic heterocycles. The van der Waals surface area contributed by atoms with Gasteiger partial charge in [0.05, 0.1) is 0 Å². The van der Waals surface area contributed by atoms with Gasteiger partial charge < -0.3 is 9.80 Å².